The van der Waals surface area contributed by atoms with E-state index in [1.807, 2.05) is 0 Å². The summed E-state index contributed by atoms with van der Waals surface area (Å²) >= 11 is 0. The van der Waals surface area contributed by atoms with Crippen molar-refractivity contribution in [2.75, 3.05) is 5.73 Å². The number of nitrogens with two attached hydrogens (primary N) is 2. The van der Waals surface area contributed by atoms with Gasteiger partial charge < -0.3 is 16.2 Å². The van der Waals surface area contributed by atoms with Crippen LogP contribution in [-0.4, -0.2) is 5.91 Å². The Hall–Kier alpha value is -2.63. The highest BCUT2D eigenvalue weighted by Gasteiger charge is 2.13. The van der Waals surface area contributed by atoms with E-state index in [1.54, 1.807) is 0 Å². The van der Waals surface area contributed by atoms with E-state index < -0.39 is 17.5 Å². The first-order valence-electron chi connectivity index (χ1n) is 5.29. The van der Waals surface area contributed by atoms with Gasteiger partial charge in [0.2, 0.25) is 0 Å². The van der Waals surface area contributed by atoms with Crippen LogP contribution in [0.25, 0.3) is 0 Å². The van der Waals surface area contributed by atoms with Crippen molar-refractivity contribution in [3.63, 3.8) is 0 Å². The number of carbonyl (C=O) groups is 1. The minimum absolute atomic E-state index is 0.0120. The van der Waals surface area contributed by atoms with Gasteiger partial charge in [-0.25, -0.2) is 8.78 Å². The highest BCUT2D eigenvalue weighted by Crippen LogP contribution is 2.29. The van der Waals surface area contributed by atoms with Crippen LogP contribution >= 0.6 is 0 Å². The predicted octanol–water partition coefficient (Wildman–Crippen LogP) is 2.44. The van der Waals surface area contributed by atoms with Crippen LogP contribution < -0.4 is 16.2 Å². The molecular weight excluding hydrogens is 254 g/mol. The molecule has 1 amide bonds. The molecule has 0 heterocycles. The van der Waals surface area contributed by atoms with Crippen LogP contribution in [0.3, 0.4) is 0 Å². The van der Waals surface area contributed by atoms with Crippen LogP contribution in [0.2, 0.25) is 0 Å². The fraction of sp³-hybridized carbons (Fsp3) is 0. The molecular formula is C13H10F2N2O2. The summed E-state index contributed by atoms with van der Waals surface area (Å²) in [5.41, 5.74) is 11.1. The molecule has 0 spiro atoms. The third kappa shape index (κ3) is 2.79. The molecule has 0 radical (unpaired) electrons. The van der Waals surface area contributed by atoms with Crippen LogP contribution in [-0.2, 0) is 0 Å². The number of hydrogen-bond donors (Lipinski definition) is 2. The summed E-state index contributed by atoms with van der Waals surface area (Å²) < 4.78 is 31.4. The van der Waals surface area contributed by atoms with Gasteiger partial charge in [-0.1, -0.05) is 0 Å². The van der Waals surface area contributed by atoms with E-state index in [2.05, 4.69) is 0 Å². The zero-order chi connectivity index (χ0) is 14.0. The molecule has 0 aliphatic carbocycles. The van der Waals surface area contributed by atoms with E-state index in [1.165, 1.54) is 18.2 Å². The summed E-state index contributed by atoms with van der Waals surface area (Å²) in [6, 6.07) is 6.99. The lowest BCUT2D eigenvalue weighted by molar-refractivity contribution is 0.0998. The summed E-state index contributed by atoms with van der Waals surface area (Å²) in [4.78, 5) is 11.2. The van der Waals surface area contributed by atoms with Crippen molar-refractivity contribution in [3.8, 4) is 11.5 Å². The van der Waals surface area contributed by atoms with Gasteiger partial charge in [0, 0.05) is 17.8 Å². The Bertz CT molecular complexity index is 645. The third-order valence-electron chi connectivity index (χ3n) is 2.38. The Labute approximate surface area is 107 Å². The molecule has 2 aromatic rings. The highest BCUT2D eigenvalue weighted by molar-refractivity contribution is 5.96. The van der Waals surface area contributed by atoms with Crippen molar-refractivity contribution in [2.24, 2.45) is 5.73 Å². The first kappa shape index (κ1) is 12.8. The molecule has 2 aromatic carbocycles. The van der Waals surface area contributed by atoms with Crippen molar-refractivity contribution < 1.29 is 18.3 Å². The number of benzene rings is 2. The van der Waals surface area contributed by atoms with Gasteiger partial charge in [0.25, 0.3) is 5.91 Å². The minimum Gasteiger partial charge on any atom is -0.453 e. The molecule has 0 fully saturated rings. The number of nitrogen functional groups attached to an aromatic ring is 1. The normalized spacial score (nSPS) is 10.2. The van der Waals surface area contributed by atoms with Gasteiger partial charge in [-0.3, -0.25) is 4.79 Å². The summed E-state index contributed by atoms with van der Waals surface area (Å²) in [6.45, 7) is 0. The molecule has 6 heteroatoms. The fourth-order valence-corrected chi connectivity index (χ4v) is 1.50. The molecule has 4 N–H and O–H groups in total. The number of ether oxygens (including phenoxy) is 1. The Morgan fingerprint density at radius 2 is 1.79 bits per heavy atom. The van der Waals surface area contributed by atoms with Crippen LogP contribution in [0.4, 0.5) is 14.5 Å². The van der Waals surface area contributed by atoms with Gasteiger partial charge in [0.05, 0.1) is 5.56 Å². The zero-order valence-electron chi connectivity index (χ0n) is 9.69. The first-order chi connectivity index (χ1) is 8.97. The van der Waals surface area contributed by atoms with Crippen LogP contribution in [0.5, 0.6) is 11.5 Å². The number of hydrogen-bond acceptors (Lipinski definition) is 3. The van der Waals surface area contributed by atoms with Crippen molar-refractivity contribution in [3.05, 3.63) is 53.6 Å². The number of halogens is 2. The van der Waals surface area contributed by atoms with Gasteiger partial charge in [-0.05, 0) is 24.3 Å². The lowest BCUT2D eigenvalue weighted by Gasteiger charge is -2.10. The summed E-state index contributed by atoms with van der Waals surface area (Å²) in [6.07, 6.45) is 0. The van der Waals surface area contributed by atoms with Gasteiger partial charge >= 0.3 is 0 Å². The second-order valence-electron chi connectivity index (χ2n) is 3.80. The van der Waals surface area contributed by atoms with E-state index in [-0.39, 0.29) is 17.1 Å². The molecule has 0 aromatic heterocycles. The minimum atomic E-state index is -0.891. The first-order valence-corrected chi connectivity index (χ1v) is 5.29. The maximum Gasteiger partial charge on any atom is 0.252 e. The Morgan fingerprint density at radius 3 is 2.42 bits per heavy atom. The van der Waals surface area contributed by atoms with E-state index >= 15 is 0 Å². The molecule has 4 nitrogen and oxygen atoms in total. The average Bonchev–Trinajstić information content (AvgIpc) is 2.32. The van der Waals surface area contributed by atoms with Crippen LogP contribution in [0.15, 0.2) is 36.4 Å². The maximum atomic E-state index is 13.5. The smallest absolute Gasteiger partial charge is 0.252 e. The maximum absolute atomic E-state index is 13.5. The highest BCUT2D eigenvalue weighted by atomic mass is 19.1. The molecule has 2 rings (SSSR count). The number of rotatable bonds is 3. The Morgan fingerprint density at radius 1 is 1.05 bits per heavy atom. The van der Waals surface area contributed by atoms with Crippen molar-refractivity contribution in [2.45, 2.75) is 0 Å². The van der Waals surface area contributed by atoms with Gasteiger partial charge in [0.15, 0.2) is 11.6 Å². The molecule has 0 saturated heterocycles. The van der Waals surface area contributed by atoms with Crippen molar-refractivity contribution in [1.82, 2.24) is 0 Å². The fourth-order valence-electron chi connectivity index (χ4n) is 1.50. The van der Waals surface area contributed by atoms with Gasteiger partial charge in [0.1, 0.15) is 11.6 Å². The monoisotopic (exact) mass is 264 g/mol. The summed E-state index contributed by atoms with van der Waals surface area (Å²) in [5, 5.41) is 0. The number of carbonyl (C=O) groups excluding carboxylic acids is 1. The quantitative estimate of drug-likeness (QED) is 0.836. The topological polar surface area (TPSA) is 78.3 Å². The average molecular weight is 264 g/mol. The SMILES string of the molecule is NC(=O)c1ccc(N)cc1Oc1ccc(F)cc1F. The lowest BCUT2D eigenvalue weighted by atomic mass is 10.1. The zero-order valence-corrected chi connectivity index (χ0v) is 9.69. The molecule has 0 bridgehead atoms. The molecule has 19 heavy (non-hydrogen) atoms. The van der Waals surface area contributed by atoms with Crippen molar-refractivity contribution in [1.29, 1.82) is 0 Å². The van der Waals surface area contributed by atoms with Gasteiger partial charge in [-0.15, -0.1) is 0 Å². The standard InChI is InChI=1S/C13H10F2N2O2/c14-7-1-4-11(10(15)5-7)19-12-6-8(16)2-3-9(12)13(17)18/h1-6H,16H2,(H2,17,18). The number of primary amides is 1. The molecule has 0 aliphatic rings. The molecule has 98 valence electrons. The van der Waals surface area contributed by atoms with E-state index in [0.717, 1.165) is 12.1 Å². The second kappa shape index (κ2) is 4.93. The molecule has 0 aliphatic heterocycles. The summed E-state index contributed by atoms with van der Waals surface area (Å²) in [7, 11) is 0. The largest absolute Gasteiger partial charge is 0.453 e. The predicted molar refractivity (Wildman–Crippen MR) is 65.8 cm³/mol. The molecule has 0 unspecified atom stereocenters. The van der Waals surface area contributed by atoms with Crippen LogP contribution in [0, 0.1) is 11.6 Å². The Balaban J connectivity index is 2.42. The lowest BCUT2D eigenvalue weighted by Crippen LogP contribution is -2.12. The summed E-state index contributed by atoms with van der Waals surface area (Å²) in [5.74, 6) is -2.57. The number of amides is 1. The second-order valence-corrected chi connectivity index (χ2v) is 3.80. The molecule has 0 saturated carbocycles. The van der Waals surface area contributed by atoms with Crippen LogP contribution in [0.1, 0.15) is 10.4 Å². The molecule has 0 atom stereocenters. The van der Waals surface area contributed by atoms with E-state index in [0.29, 0.717) is 11.8 Å². The van der Waals surface area contributed by atoms with E-state index in [4.69, 9.17) is 16.2 Å². The number of anilines is 1. The Kier molecular flexibility index (Phi) is 3.33. The third-order valence-corrected chi connectivity index (χ3v) is 2.38. The van der Waals surface area contributed by atoms with Crippen molar-refractivity contribution >= 4 is 11.6 Å². The van der Waals surface area contributed by atoms with E-state index in [9.17, 15) is 13.6 Å². The van der Waals surface area contributed by atoms with Gasteiger partial charge in [-0.2, -0.15) is 0 Å².